The summed E-state index contributed by atoms with van der Waals surface area (Å²) in [6.45, 7) is 7.35. The van der Waals surface area contributed by atoms with Gasteiger partial charge in [0.1, 0.15) is 18.0 Å². The summed E-state index contributed by atoms with van der Waals surface area (Å²) >= 11 is 0. The molecule has 25 heavy (non-hydrogen) atoms. The number of aromatic nitrogens is 2. The molecule has 2 rings (SSSR count). The third-order valence-electron chi connectivity index (χ3n) is 5.02. The minimum absolute atomic E-state index is 0.370. The van der Waals surface area contributed by atoms with Crippen LogP contribution in [0.15, 0.2) is 6.33 Å². The highest BCUT2D eigenvalue weighted by Gasteiger charge is 2.25. The van der Waals surface area contributed by atoms with E-state index in [9.17, 15) is 0 Å². The van der Waals surface area contributed by atoms with E-state index < -0.39 is 0 Å². The highest BCUT2D eigenvalue weighted by molar-refractivity contribution is 6.04. The summed E-state index contributed by atoms with van der Waals surface area (Å²) in [6.07, 6.45) is 6.05. The molecule has 0 aliphatic carbocycles. The van der Waals surface area contributed by atoms with Crippen LogP contribution in [0.3, 0.4) is 0 Å². The molecule has 2 heterocycles. The van der Waals surface area contributed by atoms with Gasteiger partial charge in [0.2, 0.25) is 0 Å². The van der Waals surface area contributed by atoms with Gasteiger partial charge in [-0.25, -0.2) is 9.97 Å². The van der Waals surface area contributed by atoms with Crippen molar-refractivity contribution in [3.05, 3.63) is 11.9 Å². The Kier molecular flexibility index (Phi) is 7.13. The van der Waals surface area contributed by atoms with Crippen LogP contribution in [-0.4, -0.2) is 71.3 Å². The van der Waals surface area contributed by atoms with Gasteiger partial charge in [-0.1, -0.05) is 6.92 Å². The van der Waals surface area contributed by atoms with Gasteiger partial charge >= 0.3 is 0 Å². The van der Waals surface area contributed by atoms with Gasteiger partial charge in [0, 0.05) is 30.9 Å². The number of piperidine rings is 1. The van der Waals surface area contributed by atoms with E-state index in [1.807, 2.05) is 0 Å². The van der Waals surface area contributed by atoms with Gasteiger partial charge < -0.3 is 26.3 Å². The molecule has 1 aromatic heterocycles. The number of anilines is 2. The lowest BCUT2D eigenvalue weighted by atomic mass is 10.00. The van der Waals surface area contributed by atoms with Crippen LogP contribution in [0.4, 0.5) is 11.6 Å². The summed E-state index contributed by atoms with van der Waals surface area (Å²) in [7, 11) is 4.28. The van der Waals surface area contributed by atoms with Crippen molar-refractivity contribution >= 4 is 17.3 Å². The molecule has 1 saturated heterocycles. The molecule has 1 aliphatic heterocycles. The first-order valence-electron chi connectivity index (χ1n) is 9.23. The Balaban J connectivity index is 1.92. The first kappa shape index (κ1) is 19.6. The number of nitrogens with two attached hydrogens (primary N) is 1. The maximum Gasteiger partial charge on any atom is 0.140 e. The fourth-order valence-electron chi connectivity index (χ4n) is 3.53. The van der Waals surface area contributed by atoms with Crippen molar-refractivity contribution in [2.45, 2.75) is 51.6 Å². The van der Waals surface area contributed by atoms with Crippen LogP contribution in [0.5, 0.6) is 0 Å². The van der Waals surface area contributed by atoms with E-state index in [1.54, 1.807) is 6.92 Å². The van der Waals surface area contributed by atoms with Crippen molar-refractivity contribution in [3.63, 3.8) is 0 Å². The van der Waals surface area contributed by atoms with Crippen molar-refractivity contribution < 1.29 is 0 Å². The summed E-state index contributed by atoms with van der Waals surface area (Å²) in [5.74, 6) is 1.07. The Morgan fingerprint density at radius 3 is 2.64 bits per heavy atom. The van der Waals surface area contributed by atoms with Gasteiger partial charge in [-0.15, -0.1) is 0 Å². The van der Waals surface area contributed by atoms with Crippen LogP contribution in [0.2, 0.25) is 0 Å². The maximum atomic E-state index is 7.92. The van der Waals surface area contributed by atoms with E-state index in [0.29, 0.717) is 35.0 Å². The monoisotopic (exact) mass is 347 g/mol. The number of nitrogen functional groups attached to an aromatic ring is 1. The van der Waals surface area contributed by atoms with Crippen LogP contribution in [0, 0.1) is 5.41 Å². The van der Waals surface area contributed by atoms with Crippen molar-refractivity contribution in [2.24, 2.45) is 0 Å². The van der Waals surface area contributed by atoms with Gasteiger partial charge in [-0.3, -0.25) is 0 Å². The highest BCUT2D eigenvalue weighted by atomic mass is 15.2. The standard InChI is InChI=1S/C18H33N7/c1-5-15(8-9-24(3)4)25-10-6-14(7-11-25)23-18-16(13(2)19)17(20)21-12-22-18/h12,14-15,19H,5-11H2,1-4H3,(H3,20,21,22,23). The predicted molar refractivity (Wildman–Crippen MR) is 104 cm³/mol. The molecular weight excluding hydrogens is 314 g/mol. The summed E-state index contributed by atoms with van der Waals surface area (Å²) in [6, 6.07) is 1.03. The number of nitrogens with zero attached hydrogens (tertiary/aromatic N) is 4. The number of hydrogen-bond acceptors (Lipinski definition) is 7. The van der Waals surface area contributed by atoms with Gasteiger partial charge in [-0.05, 0) is 53.2 Å². The molecule has 140 valence electrons. The average molecular weight is 348 g/mol. The van der Waals surface area contributed by atoms with Crippen LogP contribution in [0.1, 0.15) is 45.1 Å². The summed E-state index contributed by atoms with van der Waals surface area (Å²) < 4.78 is 0. The lowest BCUT2D eigenvalue weighted by Crippen LogP contribution is -2.45. The molecule has 1 aliphatic rings. The lowest BCUT2D eigenvalue weighted by Gasteiger charge is -2.38. The Morgan fingerprint density at radius 2 is 2.08 bits per heavy atom. The molecule has 0 radical (unpaired) electrons. The lowest BCUT2D eigenvalue weighted by molar-refractivity contribution is 0.138. The molecular formula is C18H33N7. The zero-order valence-electron chi connectivity index (χ0n) is 16.0. The number of nitrogens with one attached hydrogen (secondary N) is 2. The molecule has 1 fully saturated rings. The molecule has 7 nitrogen and oxygen atoms in total. The third-order valence-corrected chi connectivity index (χ3v) is 5.02. The molecule has 1 aromatic rings. The minimum Gasteiger partial charge on any atom is -0.383 e. The number of likely N-dealkylation sites (tertiary alicyclic amines) is 1. The van der Waals surface area contributed by atoms with Gasteiger partial charge in [0.25, 0.3) is 0 Å². The van der Waals surface area contributed by atoms with Crippen LogP contribution in [-0.2, 0) is 0 Å². The van der Waals surface area contributed by atoms with Crippen LogP contribution >= 0.6 is 0 Å². The zero-order valence-corrected chi connectivity index (χ0v) is 16.0. The van der Waals surface area contributed by atoms with Crippen molar-refractivity contribution in [1.29, 1.82) is 5.41 Å². The minimum atomic E-state index is 0.370. The molecule has 0 amide bonds. The number of hydrogen-bond donors (Lipinski definition) is 3. The molecule has 4 N–H and O–H groups in total. The highest BCUT2D eigenvalue weighted by Crippen LogP contribution is 2.23. The predicted octanol–water partition coefficient (Wildman–Crippen LogP) is 2.05. The second-order valence-corrected chi connectivity index (χ2v) is 7.22. The Hall–Kier alpha value is -1.73. The second kappa shape index (κ2) is 9.10. The molecule has 1 unspecified atom stereocenters. The largest absolute Gasteiger partial charge is 0.383 e. The molecule has 0 bridgehead atoms. The van der Waals surface area contributed by atoms with Crippen molar-refractivity contribution in [3.8, 4) is 0 Å². The average Bonchev–Trinajstić information content (AvgIpc) is 2.56. The van der Waals surface area contributed by atoms with Crippen LogP contribution in [0.25, 0.3) is 0 Å². The van der Waals surface area contributed by atoms with E-state index in [1.165, 1.54) is 19.2 Å². The first-order valence-corrected chi connectivity index (χ1v) is 9.23. The van der Waals surface area contributed by atoms with E-state index in [-0.39, 0.29) is 0 Å². The molecule has 0 saturated carbocycles. The summed E-state index contributed by atoms with van der Waals surface area (Å²) in [5, 5.41) is 11.4. The van der Waals surface area contributed by atoms with Crippen LogP contribution < -0.4 is 11.1 Å². The van der Waals surface area contributed by atoms with E-state index >= 15 is 0 Å². The fraction of sp³-hybridized carbons (Fsp3) is 0.722. The molecule has 0 spiro atoms. The third kappa shape index (κ3) is 5.37. The number of rotatable bonds is 8. The van der Waals surface area contributed by atoms with E-state index in [4.69, 9.17) is 11.1 Å². The first-order chi connectivity index (χ1) is 11.9. The fourth-order valence-corrected chi connectivity index (χ4v) is 3.53. The van der Waals surface area contributed by atoms with E-state index in [0.717, 1.165) is 32.5 Å². The Bertz CT molecular complexity index is 565. The van der Waals surface area contributed by atoms with Crippen molar-refractivity contribution in [1.82, 2.24) is 19.8 Å². The topological polar surface area (TPSA) is 94.2 Å². The quantitative estimate of drug-likeness (QED) is 0.623. The Labute approximate surface area is 151 Å². The maximum absolute atomic E-state index is 7.92. The summed E-state index contributed by atoms with van der Waals surface area (Å²) in [5.41, 5.74) is 6.94. The van der Waals surface area contributed by atoms with E-state index in [2.05, 4.69) is 46.1 Å². The molecule has 7 heteroatoms. The summed E-state index contributed by atoms with van der Waals surface area (Å²) in [4.78, 5) is 13.2. The van der Waals surface area contributed by atoms with Crippen molar-refractivity contribution in [2.75, 3.05) is 44.8 Å². The molecule has 1 atom stereocenters. The normalized spacial score (nSPS) is 17.6. The van der Waals surface area contributed by atoms with Gasteiger partial charge in [-0.2, -0.15) is 0 Å². The van der Waals surface area contributed by atoms with Gasteiger partial charge in [0.05, 0.1) is 5.56 Å². The molecule has 0 aromatic carbocycles. The second-order valence-electron chi connectivity index (χ2n) is 7.22. The zero-order chi connectivity index (χ0) is 18.4. The smallest absolute Gasteiger partial charge is 0.140 e. The SMILES string of the molecule is CCC(CCN(C)C)N1CCC(Nc2ncnc(N)c2C(C)=N)CC1. The Morgan fingerprint density at radius 1 is 1.40 bits per heavy atom. The van der Waals surface area contributed by atoms with Gasteiger partial charge in [0.15, 0.2) is 0 Å².